The molecule has 0 N–H and O–H groups in total. The monoisotopic (exact) mass is 805 g/mol. The fourth-order valence-electron chi connectivity index (χ4n) is 8.92. The molecule has 0 aromatic heterocycles. The van der Waals surface area contributed by atoms with Gasteiger partial charge in [-0.05, 0) is 115 Å². The second-order valence-electron chi connectivity index (χ2n) is 16.1. The quantitative estimate of drug-likeness (QED) is 0.119. The molecule has 0 saturated heterocycles. The fraction of sp³-hybridized carbons (Fsp3) is 0.0323. The first-order chi connectivity index (χ1) is 31.2. The number of hydrogen-bond acceptors (Lipinski definition) is 1. The van der Waals surface area contributed by atoms with Gasteiger partial charge in [0.15, 0.2) is 0 Å². The first kappa shape index (κ1) is 39.2. The minimum atomic E-state index is 0.196. The van der Waals surface area contributed by atoms with Crippen LogP contribution in [0.15, 0.2) is 267 Å². The highest BCUT2D eigenvalue weighted by molar-refractivity contribution is 5.89. The Balaban J connectivity index is 1.03. The lowest BCUT2D eigenvalue weighted by atomic mass is 9.82. The zero-order valence-corrected chi connectivity index (χ0v) is 35.1. The molecule has 63 heavy (non-hydrogen) atoms. The number of nitrogens with zero attached hydrogens (tertiary/aromatic N) is 1. The molecule has 10 aromatic carbocycles. The summed E-state index contributed by atoms with van der Waals surface area (Å²) >= 11 is 0. The Morgan fingerprint density at radius 1 is 0.270 bits per heavy atom. The Labute approximate surface area is 371 Å². The first-order valence-electron chi connectivity index (χ1n) is 21.8. The van der Waals surface area contributed by atoms with E-state index in [2.05, 4.69) is 272 Å². The van der Waals surface area contributed by atoms with Crippen molar-refractivity contribution >= 4 is 17.1 Å². The van der Waals surface area contributed by atoms with Crippen molar-refractivity contribution in [2.75, 3.05) is 4.90 Å². The molecule has 0 aliphatic rings. The van der Waals surface area contributed by atoms with Gasteiger partial charge >= 0.3 is 0 Å². The van der Waals surface area contributed by atoms with E-state index in [0.717, 1.165) is 23.5 Å². The fourth-order valence-corrected chi connectivity index (χ4v) is 8.92. The summed E-state index contributed by atoms with van der Waals surface area (Å²) in [5, 5.41) is 0. The van der Waals surface area contributed by atoms with Crippen molar-refractivity contribution in [3.8, 4) is 55.6 Å². The lowest BCUT2D eigenvalue weighted by Gasteiger charge is -2.27. The molecule has 1 unspecified atom stereocenters. The van der Waals surface area contributed by atoms with Crippen LogP contribution in [0, 0.1) is 0 Å². The first-order valence-corrected chi connectivity index (χ1v) is 21.8. The molecule has 0 saturated carbocycles. The van der Waals surface area contributed by atoms with Gasteiger partial charge in [0.1, 0.15) is 0 Å². The zero-order valence-electron chi connectivity index (χ0n) is 35.1. The predicted octanol–water partition coefficient (Wildman–Crippen LogP) is 16.9. The van der Waals surface area contributed by atoms with Crippen LogP contribution in [0.4, 0.5) is 17.1 Å². The van der Waals surface area contributed by atoms with E-state index in [4.69, 9.17) is 0 Å². The summed E-state index contributed by atoms with van der Waals surface area (Å²) in [7, 11) is 0. The lowest BCUT2D eigenvalue weighted by Crippen LogP contribution is -2.10. The summed E-state index contributed by atoms with van der Waals surface area (Å²) in [5.74, 6) is 0.196. The predicted molar refractivity (Wildman–Crippen MR) is 267 cm³/mol. The van der Waals surface area contributed by atoms with Crippen LogP contribution in [0.2, 0.25) is 0 Å². The molecule has 0 bridgehead atoms. The van der Waals surface area contributed by atoms with Crippen LogP contribution < -0.4 is 4.90 Å². The maximum atomic E-state index is 2.37. The molecule has 10 aromatic rings. The Morgan fingerprint density at radius 2 is 0.651 bits per heavy atom. The summed E-state index contributed by atoms with van der Waals surface area (Å²) in [6.07, 6.45) is 0.889. The summed E-state index contributed by atoms with van der Waals surface area (Å²) in [5.41, 5.74) is 19.3. The highest BCUT2D eigenvalue weighted by Crippen LogP contribution is 2.42. The van der Waals surface area contributed by atoms with E-state index in [0.29, 0.717) is 0 Å². The van der Waals surface area contributed by atoms with E-state index in [-0.39, 0.29) is 5.92 Å². The molecular weight excluding hydrogens is 759 g/mol. The van der Waals surface area contributed by atoms with Gasteiger partial charge in [-0.2, -0.15) is 0 Å². The smallest absolute Gasteiger partial charge is 0.0468 e. The lowest BCUT2D eigenvalue weighted by molar-refractivity contribution is 0.807. The van der Waals surface area contributed by atoms with Gasteiger partial charge in [-0.15, -0.1) is 0 Å². The molecule has 1 nitrogen and oxygen atoms in total. The molecule has 0 heterocycles. The minimum Gasteiger partial charge on any atom is -0.310 e. The Kier molecular flexibility index (Phi) is 11.4. The van der Waals surface area contributed by atoms with Crippen molar-refractivity contribution in [2.24, 2.45) is 0 Å². The second kappa shape index (κ2) is 18.3. The average molecular weight is 806 g/mol. The van der Waals surface area contributed by atoms with Gasteiger partial charge < -0.3 is 4.90 Å². The Morgan fingerprint density at radius 3 is 1.17 bits per heavy atom. The third-order valence-electron chi connectivity index (χ3n) is 12.1. The Bertz CT molecular complexity index is 2930. The summed E-state index contributed by atoms with van der Waals surface area (Å²) in [4.78, 5) is 2.37. The van der Waals surface area contributed by atoms with Crippen LogP contribution >= 0.6 is 0 Å². The molecule has 0 amide bonds. The van der Waals surface area contributed by atoms with Gasteiger partial charge in [-0.1, -0.05) is 231 Å². The average Bonchev–Trinajstić information content (AvgIpc) is 3.38. The largest absolute Gasteiger partial charge is 0.310 e. The van der Waals surface area contributed by atoms with E-state index < -0.39 is 0 Å². The third kappa shape index (κ3) is 8.64. The molecule has 0 radical (unpaired) electrons. The van der Waals surface area contributed by atoms with Crippen molar-refractivity contribution in [1.29, 1.82) is 0 Å². The second-order valence-corrected chi connectivity index (χ2v) is 16.1. The van der Waals surface area contributed by atoms with Crippen LogP contribution in [0.25, 0.3) is 55.6 Å². The molecular formula is C62H47N. The van der Waals surface area contributed by atoms with E-state index in [1.54, 1.807) is 0 Å². The van der Waals surface area contributed by atoms with Crippen LogP contribution in [-0.4, -0.2) is 0 Å². The highest BCUT2D eigenvalue weighted by atomic mass is 15.1. The summed E-state index contributed by atoms with van der Waals surface area (Å²) in [6, 6.07) is 96.7. The molecule has 300 valence electrons. The van der Waals surface area contributed by atoms with Crippen LogP contribution in [0.1, 0.15) is 22.6 Å². The normalized spacial score (nSPS) is 11.5. The highest BCUT2D eigenvalue weighted by Gasteiger charge is 2.20. The number of benzene rings is 10. The third-order valence-corrected chi connectivity index (χ3v) is 12.1. The van der Waals surface area contributed by atoms with Gasteiger partial charge in [0, 0.05) is 23.0 Å². The van der Waals surface area contributed by atoms with Crippen LogP contribution in [0.5, 0.6) is 0 Å². The summed E-state index contributed by atoms with van der Waals surface area (Å²) in [6.45, 7) is 0. The van der Waals surface area contributed by atoms with Crippen molar-refractivity contribution in [3.05, 3.63) is 284 Å². The topological polar surface area (TPSA) is 3.24 Å². The maximum absolute atomic E-state index is 2.37. The molecule has 1 atom stereocenters. The molecule has 0 spiro atoms. The molecule has 1 heteroatoms. The van der Waals surface area contributed by atoms with Gasteiger partial charge in [-0.25, -0.2) is 0 Å². The number of anilines is 3. The molecule has 0 aliphatic carbocycles. The SMILES string of the molecule is c1ccc(-c2ccc(N(c3ccc(-c4ccccc4)cc3)c3ccc(-c4ccc(CC(c5ccccc5)c5ccccc5-c5ccccc5)cc4)c(-c4ccccc4)c3)cc2)cc1. The molecule has 0 aliphatic heterocycles. The van der Waals surface area contributed by atoms with E-state index in [1.165, 1.54) is 72.3 Å². The van der Waals surface area contributed by atoms with Crippen molar-refractivity contribution < 1.29 is 0 Å². The van der Waals surface area contributed by atoms with Crippen LogP contribution in [-0.2, 0) is 6.42 Å². The maximum Gasteiger partial charge on any atom is 0.0468 e. The molecule has 0 fully saturated rings. The number of rotatable bonds is 12. The van der Waals surface area contributed by atoms with Crippen molar-refractivity contribution in [1.82, 2.24) is 0 Å². The van der Waals surface area contributed by atoms with Gasteiger partial charge in [0.2, 0.25) is 0 Å². The number of hydrogen-bond donors (Lipinski definition) is 0. The standard InChI is InChI=1S/C62H47N/c1-6-18-47(19-7-1)49-34-38-55(39-35-49)63(56-40-36-50(37-41-56)48-20-8-2-9-21-48)57-42-43-59(62(45-57)53-26-14-5-15-27-53)54-32-30-46(31-33-54)44-61(52-24-12-4-13-25-52)60-29-17-16-28-58(60)51-22-10-3-11-23-51/h1-43,45,61H,44H2. The van der Waals surface area contributed by atoms with Crippen LogP contribution in [0.3, 0.4) is 0 Å². The van der Waals surface area contributed by atoms with E-state index >= 15 is 0 Å². The van der Waals surface area contributed by atoms with Crippen molar-refractivity contribution in [2.45, 2.75) is 12.3 Å². The molecule has 10 rings (SSSR count). The Hall–Kier alpha value is -8.00. The van der Waals surface area contributed by atoms with Crippen molar-refractivity contribution in [3.63, 3.8) is 0 Å². The van der Waals surface area contributed by atoms with E-state index in [9.17, 15) is 0 Å². The van der Waals surface area contributed by atoms with Gasteiger partial charge in [0.25, 0.3) is 0 Å². The van der Waals surface area contributed by atoms with E-state index in [1.807, 2.05) is 0 Å². The zero-order chi connectivity index (χ0) is 42.2. The minimum absolute atomic E-state index is 0.196. The van der Waals surface area contributed by atoms with Gasteiger partial charge in [-0.3, -0.25) is 0 Å². The summed E-state index contributed by atoms with van der Waals surface area (Å²) < 4.78 is 0. The van der Waals surface area contributed by atoms with Gasteiger partial charge in [0.05, 0.1) is 0 Å².